The molecule has 146 valence electrons. The third kappa shape index (κ3) is 6.22. The molecular formula is C18H35IN4O2. The van der Waals surface area contributed by atoms with Gasteiger partial charge in [-0.15, -0.1) is 24.0 Å². The van der Waals surface area contributed by atoms with Gasteiger partial charge in [0, 0.05) is 46.3 Å². The van der Waals surface area contributed by atoms with Crippen LogP contribution in [0.2, 0.25) is 0 Å². The number of likely N-dealkylation sites (tertiary alicyclic amines) is 1. The predicted octanol–water partition coefficient (Wildman–Crippen LogP) is 1.53. The van der Waals surface area contributed by atoms with Gasteiger partial charge < -0.3 is 20.1 Å². The fourth-order valence-electron chi connectivity index (χ4n) is 4.29. The van der Waals surface area contributed by atoms with Crippen LogP contribution in [0.25, 0.3) is 0 Å². The van der Waals surface area contributed by atoms with E-state index in [1.165, 1.54) is 19.4 Å². The molecule has 3 aliphatic rings. The molecule has 1 atom stereocenters. The van der Waals surface area contributed by atoms with E-state index in [1.54, 1.807) is 0 Å². The van der Waals surface area contributed by atoms with Crippen LogP contribution < -0.4 is 5.32 Å². The van der Waals surface area contributed by atoms with Gasteiger partial charge in [-0.05, 0) is 25.2 Å². The summed E-state index contributed by atoms with van der Waals surface area (Å²) < 4.78 is 5.44. The Bertz CT molecular complexity index is 423. The molecule has 1 saturated carbocycles. The lowest BCUT2D eigenvalue weighted by Gasteiger charge is -2.34. The molecule has 2 aliphatic heterocycles. The van der Waals surface area contributed by atoms with E-state index in [4.69, 9.17) is 4.74 Å². The maximum absolute atomic E-state index is 10.7. The fourth-order valence-corrected chi connectivity index (χ4v) is 4.29. The molecule has 0 amide bonds. The zero-order valence-electron chi connectivity index (χ0n) is 15.6. The molecule has 0 bridgehead atoms. The molecule has 1 unspecified atom stereocenters. The van der Waals surface area contributed by atoms with Crippen molar-refractivity contribution in [2.24, 2.45) is 10.9 Å². The summed E-state index contributed by atoms with van der Waals surface area (Å²) >= 11 is 0. The zero-order valence-corrected chi connectivity index (χ0v) is 17.9. The summed E-state index contributed by atoms with van der Waals surface area (Å²) in [5.74, 6) is 1.66. The molecule has 0 spiro atoms. The average Bonchev–Trinajstić information content (AvgIpc) is 3.05. The highest BCUT2D eigenvalue weighted by Crippen LogP contribution is 2.27. The van der Waals surface area contributed by atoms with Crippen molar-refractivity contribution in [2.45, 2.75) is 44.1 Å². The summed E-state index contributed by atoms with van der Waals surface area (Å²) in [6.45, 7) is 7.80. The van der Waals surface area contributed by atoms with E-state index in [9.17, 15) is 5.11 Å². The van der Waals surface area contributed by atoms with Crippen LogP contribution in [0.1, 0.15) is 38.5 Å². The third-order valence-corrected chi connectivity index (χ3v) is 5.78. The lowest BCUT2D eigenvalue weighted by Crippen LogP contribution is -2.49. The second kappa shape index (κ2) is 10.3. The van der Waals surface area contributed by atoms with Gasteiger partial charge in [-0.3, -0.25) is 9.89 Å². The molecule has 1 aliphatic carbocycles. The Hall–Kier alpha value is -0.120. The lowest BCUT2D eigenvalue weighted by molar-refractivity contribution is 0.00817. The minimum atomic E-state index is -0.541. The van der Waals surface area contributed by atoms with Crippen LogP contribution in [0.15, 0.2) is 4.99 Å². The van der Waals surface area contributed by atoms with Gasteiger partial charge in [-0.25, -0.2) is 0 Å². The first-order chi connectivity index (χ1) is 11.7. The van der Waals surface area contributed by atoms with E-state index in [1.807, 2.05) is 7.05 Å². The summed E-state index contributed by atoms with van der Waals surface area (Å²) in [7, 11) is 1.85. The first kappa shape index (κ1) is 21.2. The third-order valence-electron chi connectivity index (χ3n) is 5.78. The van der Waals surface area contributed by atoms with Crippen molar-refractivity contribution in [3.63, 3.8) is 0 Å². The maximum atomic E-state index is 10.7. The summed E-state index contributed by atoms with van der Waals surface area (Å²) in [5, 5.41) is 14.1. The van der Waals surface area contributed by atoms with E-state index in [0.29, 0.717) is 12.5 Å². The Morgan fingerprint density at radius 3 is 2.60 bits per heavy atom. The van der Waals surface area contributed by atoms with Gasteiger partial charge in [-0.2, -0.15) is 0 Å². The average molecular weight is 466 g/mol. The number of hydrogen-bond donors (Lipinski definition) is 2. The Kier molecular flexibility index (Phi) is 8.71. The minimum Gasteiger partial charge on any atom is -0.388 e. The van der Waals surface area contributed by atoms with E-state index in [-0.39, 0.29) is 24.0 Å². The smallest absolute Gasteiger partial charge is 0.193 e. The van der Waals surface area contributed by atoms with Gasteiger partial charge in [0.2, 0.25) is 0 Å². The largest absolute Gasteiger partial charge is 0.388 e. The Morgan fingerprint density at radius 2 is 1.92 bits per heavy atom. The number of morpholine rings is 1. The molecule has 0 radical (unpaired) electrons. The van der Waals surface area contributed by atoms with Gasteiger partial charge in [0.05, 0.1) is 18.8 Å². The Balaban J connectivity index is 0.00000225. The monoisotopic (exact) mass is 466 g/mol. The van der Waals surface area contributed by atoms with Crippen LogP contribution in [-0.4, -0.2) is 86.0 Å². The minimum absolute atomic E-state index is 0. The molecular weight excluding hydrogens is 431 g/mol. The number of guanidine groups is 1. The molecule has 2 heterocycles. The van der Waals surface area contributed by atoms with Gasteiger partial charge >= 0.3 is 0 Å². The van der Waals surface area contributed by atoms with Crippen molar-refractivity contribution in [3.8, 4) is 0 Å². The number of rotatable bonds is 4. The van der Waals surface area contributed by atoms with Crippen LogP contribution in [0.5, 0.6) is 0 Å². The molecule has 25 heavy (non-hydrogen) atoms. The molecule has 6 nitrogen and oxygen atoms in total. The van der Waals surface area contributed by atoms with Crippen molar-refractivity contribution in [3.05, 3.63) is 0 Å². The maximum Gasteiger partial charge on any atom is 0.193 e. The van der Waals surface area contributed by atoms with Crippen molar-refractivity contribution >= 4 is 29.9 Å². The number of nitrogens with zero attached hydrogens (tertiary/aromatic N) is 3. The molecule has 2 saturated heterocycles. The number of ether oxygens (including phenoxy) is 1. The lowest BCUT2D eigenvalue weighted by atomic mass is 9.85. The van der Waals surface area contributed by atoms with Crippen molar-refractivity contribution in [1.82, 2.24) is 15.1 Å². The van der Waals surface area contributed by atoms with Crippen LogP contribution in [0.3, 0.4) is 0 Å². The number of aliphatic imine (C=N–C) groups is 1. The number of aliphatic hydroxyl groups is 1. The molecule has 7 heteroatoms. The first-order valence-corrected chi connectivity index (χ1v) is 9.67. The van der Waals surface area contributed by atoms with Crippen LogP contribution >= 0.6 is 24.0 Å². The highest BCUT2D eigenvalue weighted by molar-refractivity contribution is 14.0. The molecule has 2 N–H and O–H groups in total. The number of halogens is 1. The van der Waals surface area contributed by atoms with E-state index in [2.05, 4.69) is 20.1 Å². The molecule has 0 aromatic heterocycles. The second-order valence-corrected chi connectivity index (χ2v) is 7.70. The van der Waals surface area contributed by atoms with Crippen molar-refractivity contribution in [1.29, 1.82) is 0 Å². The number of hydrogen-bond acceptors (Lipinski definition) is 4. The van der Waals surface area contributed by atoms with Crippen LogP contribution in [0, 0.1) is 5.92 Å². The summed E-state index contributed by atoms with van der Waals surface area (Å²) in [6, 6.07) is 0. The summed E-state index contributed by atoms with van der Waals surface area (Å²) in [6.07, 6.45) is 6.59. The van der Waals surface area contributed by atoms with E-state index in [0.717, 1.165) is 71.0 Å². The zero-order chi connectivity index (χ0) is 16.8. The first-order valence-electron chi connectivity index (χ1n) is 9.67. The fraction of sp³-hybridized carbons (Fsp3) is 0.944. The Labute approximate surface area is 169 Å². The molecule has 0 aromatic rings. The molecule has 3 fully saturated rings. The highest BCUT2D eigenvalue weighted by Gasteiger charge is 2.31. The highest BCUT2D eigenvalue weighted by atomic mass is 127. The Morgan fingerprint density at radius 1 is 1.20 bits per heavy atom. The van der Waals surface area contributed by atoms with Gasteiger partial charge in [0.1, 0.15) is 0 Å². The second-order valence-electron chi connectivity index (χ2n) is 7.70. The topological polar surface area (TPSA) is 60.3 Å². The van der Waals surface area contributed by atoms with Crippen molar-refractivity contribution in [2.75, 3.05) is 59.5 Å². The molecule has 0 aromatic carbocycles. The number of nitrogens with one attached hydrogen (secondary N) is 1. The summed E-state index contributed by atoms with van der Waals surface area (Å²) in [5.41, 5.74) is -0.541. The standard InChI is InChI=1S/C18H34N4O2.HI/c1-19-17(20-15-18(23)6-3-2-4-7-18)22-8-5-16(14-22)13-21-9-11-24-12-10-21;/h16,23H,2-15H2,1H3,(H,19,20);1H. The van der Waals surface area contributed by atoms with Crippen LogP contribution in [0.4, 0.5) is 0 Å². The normalized spacial score (nSPS) is 27.8. The van der Waals surface area contributed by atoms with E-state index >= 15 is 0 Å². The SMILES string of the molecule is CN=C(NCC1(O)CCCCC1)N1CCC(CN2CCOCC2)C1.I. The quantitative estimate of drug-likeness (QED) is 0.374. The van der Waals surface area contributed by atoms with Gasteiger partial charge in [-0.1, -0.05) is 19.3 Å². The summed E-state index contributed by atoms with van der Waals surface area (Å²) in [4.78, 5) is 9.34. The predicted molar refractivity (Wildman–Crippen MR) is 112 cm³/mol. The van der Waals surface area contributed by atoms with Gasteiger partial charge in [0.25, 0.3) is 0 Å². The van der Waals surface area contributed by atoms with Crippen LogP contribution in [-0.2, 0) is 4.74 Å². The van der Waals surface area contributed by atoms with Gasteiger partial charge in [0.15, 0.2) is 5.96 Å². The molecule has 3 rings (SSSR count). The van der Waals surface area contributed by atoms with Crippen molar-refractivity contribution < 1.29 is 9.84 Å². The van der Waals surface area contributed by atoms with E-state index < -0.39 is 5.60 Å².